The number of hydrogen-bond acceptors (Lipinski definition) is 8. The van der Waals surface area contributed by atoms with Crippen molar-refractivity contribution in [3.05, 3.63) is 60.3 Å². The molecule has 0 spiro atoms. The number of ketones is 1. The van der Waals surface area contributed by atoms with E-state index in [1.54, 1.807) is 50.9 Å². The van der Waals surface area contributed by atoms with Crippen LogP contribution in [0.2, 0.25) is 0 Å². The topological polar surface area (TPSA) is 109 Å². The number of Topliss-reactive ketones (excluding diaryl/α,β-unsaturated/α-hetero) is 1. The van der Waals surface area contributed by atoms with Crippen LogP contribution in [0.15, 0.2) is 43.1 Å². The van der Waals surface area contributed by atoms with Crippen molar-refractivity contribution in [3.8, 4) is 22.3 Å². The zero-order chi connectivity index (χ0) is 29.2. The molecule has 40 heavy (non-hydrogen) atoms. The van der Waals surface area contributed by atoms with Gasteiger partial charge in [0.05, 0.1) is 6.61 Å². The van der Waals surface area contributed by atoms with Gasteiger partial charge in [0.15, 0.2) is 5.78 Å². The monoisotopic (exact) mass is 555 g/mol. The second kappa shape index (κ2) is 11.1. The van der Waals surface area contributed by atoms with Crippen LogP contribution in [-0.2, 0) is 27.2 Å². The van der Waals surface area contributed by atoms with E-state index in [4.69, 9.17) is 4.74 Å². The summed E-state index contributed by atoms with van der Waals surface area (Å²) < 4.78 is 47.9. The van der Waals surface area contributed by atoms with Crippen LogP contribution in [0.25, 0.3) is 33.2 Å². The molecule has 0 aliphatic rings. The molecule has 3 aromatic heterocycles. The SMILES string of the molecule is CC(=O)c1cn(CC(=O)OC(C)(C)C)c2cc(-c3cnc(CCOC(F)(F)F)nc3)c(-c3cnc(C)nc3)cc12. The Balaban J connectivity index is 1.82. The van der Waals surface area contributed by atoms with Crippen LogP contribution in [0.3, 0.4) is 0 Å². The fourth-order valence-electron chi connectivity index (χ4n) is 4.15. The van der Waals surface area contributed by atoms with Crippen molar-refractivity contribution in [1.29, 1.82) is 0 Å². The first kappa shape index (κ1) is 28.8. The van der Waals surface area contributed by atoms with Crippen molar-refractivity contribution in [2.45, 2.75) is 59.5 Å². The molecule has 0 saturated heterocycles. The van der Waals surface area contributed by atoms with Crippen LogP contribution in [0.5, 0.6) is 0 Å². The van der Waals surface area contributed by atoms with Gasteiger partial charge in [-0.05, 0) is 57.9 Å². The maximum Gasteiger partial charge on any atom is 0.522 e. The number of carbonyl (C=O) groups is 2. The van der Waals surface area contributed by atoms with Crippen LogP contribution in [0, 0.1) is 6.92 Å². The van der Waals surface area contributed by atoms with Gasteiger partial charge in [-0.2, -0.15) is 0 Å². The molecule has 4 rings (SSSR count). The standard InChI is InChI=1S/C28H28F3N5O4/c1-16(37)23-14-36(15-26(38)40-27(3,4)5)24-9-21(20(8-22(23)24)18-10-32-17(2)33-11-18)19-12-34-25(35-13-19)6-7-39-28(29,30)31/h8-14H,6-7,15H2,1-5H3. The minimum atomic E-state index is -4.73. The number of halogens is 3. The fraction of sp³-hybridized carbons (Fsp3) is 0.357. The first-order valence-corrected chi connectivity index (χ1v) is 12.4. The summed E-state index contributed by atoms with van der Waals surface area (Å²) in [6.07, 6.45) is 3.08. The summed E-state index contributed by atoms with van der Waals surface area (Å²) in [6.45, 7) is 7.79. The van der Waals surface area contributed by atoms with Gasteiger partial charge in [-0.15, -0.1) is 13.2 Å². The maximum absolute atomic E-state index is 12.7. The van der Waals surface area contributed by atoms with Crippen molar-refractivity contribution < 1.29 is 32.2 Å². The van der Waals surface area contributed by atoms with Gasteiger partial charge in [0.25, 0.3) is 0 Å². The van der Waals surface area contributed by atoms with Gasteiger partial charge in [0, 0.05) is 65.0 Å². The molecule has 0 fully saturated rings. The Morgan fingerprint density at radius 2 is 1.50 bits per heavy atom. The Kier molecular flexibility index (Phi) is 8.01. The molecule has 3 heterocycles. The molecular weight excluding hydrogens is 527 g/mol. The zero-order valence-corrected chi connectivity index (χ0v) is 22.7. The lowest BCUT2D eigenvalue weighted by Crippen LogP contribution is -2.26. The molecule has 1 aromatic carbocycles. The van der Waals surface area contributed by atoms with E-state index in [9.17, 15) is 22.8 Å². The maximum atomic E-state index is 12.7. The summed E-state index contributed by atoms with van der Waals surface area (Å²) in [6, 6.07) is 3.64. The largest absolute Gasteiger partial charge is 0.522 e. The second-order valence-electron chi connectivity index (χ2n) is 10.2. The molecule has 0 unspecified atom stereocenters. The predicted octanol–water partition coefficient (Wildman–Crippen LogP) is 5.49. The number of carbonyl (C=O) groups excluding carboxylic acids is 2. The van der Waals surface area contributed by atoms with E-state index in [0.717, 1.165) is 0 Å². The highest BCUT2D eigenvalue weighted by atomic mass is 19.4. The summed E-state index contributed by atoms with van der Waals surface area (Å²) >= 11 is 0. The molecule has 210 valence electrons. The van der Waals surface area contributed by atoms with E-state index in [1.807, 2.05) is 12.1 Å². The smallest absolute Gasteiger partial charge is 0.459 e. The molecule has 0 saturated carbocycles. The number of alkyl halides is 3. The average Bonchev–Trinajstić information content (AvgIpc) is 3.20. The highest BCUT2D eigenvalue weighted by molar-refractivity contribution is 6.09. The van der Waals surface area contributed by atoms with Gasteiger partial charge in [-0.3, -0.25) is 14.3 Å². The summed E-state index contributed by atoms with van der Waals surface area (Å²) in [5, 5.41) is 0.622. The third kappa shape index (κ3) is 7.06. The Morgan fingerprint density at radius 3 is 2.05 bits per heavy atom. The normalized spacial score (nSPS) is 12.1. The third-order valence-electron chi connectivity index (χ3n) is 5.82. The van der Waals surface area contributed by atoms with Crippen molar-refractivity contribution >= 4 is 22.7 Å². The van der Waals surface area contributed by atoms with Crippen LogP contribution in [0.1, 0.15) is 49.7 Å². The van der Waals surface area contributed by atoms with Crippen LogP contribution < -0.4 is 0 Å². The third-order valence-corrected chi connectivity index (χ3v) is 5.82. The highest BCUT2D eigenvalue weighted by Gasteiger charge is 2.28. The molecule has 0 radical (unpaired) electrons. The summed E-state index contributed by atoms with van der Waals surface area (Å²) in [5.41, 5.74) is 2.91. The summed E-state index contributed by atoms with van der Waals surface area (Å²) in [4.78, 5) is 42.3. The van der Waals surface area contributed by atoms with E-state index in [0.29, 0.717) is 44.5 Å². The molecule has 0 amide bonds. The Hall–Kier alpha value is -4.19. The van der Waals surface area contributed by atoms with Crippen LogP contribution in [0.4, 0.5) is 13.2 Å². The number of aromatic nitrogens is 5. The van der Waals surface area contributed by atoms with E-state index in [2.05, 4.69) is 24.7 Å². The number of ether oxygens (including phenoxy) is 2. The molecule has 0 atom stereocenters. The van der Waals surface area contributed by atoms with Crippen molar-refractivity contribution in [3.63, 3.8) is 0 Å². The minimum absolute atomic E-state index is 0.123. The van der Waals surface area contributed by atoms with Gasteiger partial charge in [-0.1, -0.05) is 0 Å². The van der Waals surface area contributed by atoms with E-state index < -0.39 is 24.5 Å². The zero-order valence-electron chi connectivity index (χ0n) is 22.7. The molecule has 0 aliphatic heterocycles. The van der Waals surface area contributed by atoms with Gasteiger partial charge in [0.2, 0.25) is 0 Å². The molecule has 12 heteroatoms. The van der Waals surface area contributed by atoms with Gasteiger partial charge >= 0.3 is 12.3 Å². The number of nitrogens with zero attached hydrogens (tertiary/aromatic N) is 5. The second-order valence-corrected chi connectivity index (χ2v) is 10.2. The lowest BCUT2D eigenvalue weighted by molar-refractivity contribution is -0.324. The van der Waals surface area contributed by atoms with E-state index in [-0.39, 0.29) is 24.6 Å². The molecule has 4 aromatic rings. The molecule has 9 nitrogen and oxygen atoms in total. The first-order chi connectivity index (χ1) is 18.7. The van der Waals surface area contributed by atoms with E-state index >= 15 is 0 Å². The number of esters is 1. The van der Waals surface area contributed by atoms with Gasteiger partial charge < -0.3 is 9.30 Å². The summed E-state index contributed by atoms with van der Waals surface area (Å²) in [5.74, 6) is 0.112. The quantitative estimate of drug-likeness (QED) is 0.208. The van der Waals surface area contributed by atoms with Crippen molar-refractivity contribution in [1.82, 2.24) is 24.5 Å². The molecule has 0 N–H and O–H groups in total. The van der Waals surface area contributed by atoms with Gasteiger partial charge in [0.1, 0.15) is 23.8 Å². The Labute approximate surface area is 228 Å². The van der Waals surface area contributed by atoms with Crippen molar-refractivity contribution in [2.24, 2.45) is 0 Å². The number of aryl methyl sites for hydroxylation is 1. The number of benzene rings is 1. The average molecular weight is 556 g/mol. The lowest BCUT2D eigenvalue weighted by atomic mass is 9.94. The molecule has 0 aliphatic carbocycles. The predicted molar refractivity (Wildman–Crippen MR) is 140 cm³/mol. The molecule has 0 bridgehead atoms. The van der Waals surface area contributed by atoms with Gasteiger partial charge in [-0.25, -0.2) is 19.9 Å². The van der Waals surface area contributed by atoms with Crippen LogP contribution in [-0.4, -0.2) is 54.8 Å². The number of hydrogen-bond donors (Lipinski definition) is 0. The Bertz CT molecular complexity index is 1540. The number of fused-ring (bicyclic) bond motifs is 1. The fourth-order valence-corrected chi connectivity index (χ4v) is 4.15. The summed E-state index contributed by atoms with van der Waals surface area (Å²) in [7, 11) is 0. The number of rotatable bonds is 8. The lowest BCUT2D eigenvalue weighted by Gasteiger charge is -2.20. The van der Waals surface area contributed by atoms with E-state index in [1.165, 1.54) is 19.3 Å². The van der Waals surface area contributed by atoms with Crippen molar-refractivity contribution in [2.75, 3.05) is 6.61 Å². The Morgan fingerprint density at radius 1 is 0.925 bits per heavy atom. The minimum Gasteiger partial charge on any atom is -0.459 e. The molecular formula is C28H28F3N5O4. The van der Waals surface area contributed by atoms with Crippen LogP contribution >= 0.6 is 0 Å². The highest BCUT2D eigenvalue weighted by Crippen LogP contribution is 2.37. The first-order valence-electron chi connectivity index (χ1n) is 12.4.